The Hall–Kier alpha value is -1.09. The number of halogens is 1. The number of nitrogens with zero attached hydrogens (tertiary/aromatic N) is 2. The number of pyridine rings is 1. The minimum Gasteiger partial charge on any atom is -0.411 e. The lowest BCUT2D eigenvalue weighted by Gasteiger charge is -1.95. The van der Waals surface area contributed by atoms with Crippen LogP contribution >= 0.6 is 11.6 Å². The Labute approximate surface area is 69.3 Å². The molecular weight excluding hydrogens is 164 g/mol. The molecule has 1 heterocycles. The van der Waals surface area contributed by atoms with E-state index in [1.165, 1.54) is 6.21 Å². The largest absolute Gasteiger partial charge is 0.411 e. The summed E-state index contributed by atoms with van der Waals surface area (Å²) in [6.45, 7) is 1.82. The maximum Gasteiger partial charge on any atom is 0.0918 e. The maximum atomic E-state index is 8.19. The van der Waals surface area contributed by atoms with Crippen molar-refractivity contribution in [2.45, 2.75) is 6.92 Å². The molecule has 0 amide bonds. The normalized spacial score (nSPS) is 10.7. The molecule has 0 saturated carbocycles. The Morgan fingerprint density at radius 3 is 2.91 bits per heavy atom. The molecule has 0 aliphatic heterocycles. The van der Waals surface area contributed by atoms with E-state index in [0.717, 1.165) is 5.69 Å². The zero-order valence-corrected chi connectivity index (χ0v) is 6.71. The van der Waals surface area contributed by atoms with Crippen molar-refractivity contribution < 1.29 is 5.21 Å². The highest BCUT2D eigenvalue weighted by molar-refractivity contribution is 6.30. The van der Waals surface area contributed by atoms with Gasteiger partial charge in [-0.15, -0.1) is 0 Å². The fourth-order valence-electron chi connectivity index (χ4n) is 0.776. The van der Waals surface area contributed by atoms with Gasteiger partial charge in [0.2, 0.25) is 0 Å². The van der Waals surface area contributed by atoms with Crippen molar-refractivity contribution in [3.05, 3.63) is 28.5 Å². The Morgan fingerprint density at radius 1 is 1.64 bits per heavy atom. The maximum absolute atomic E-state index is 8.19. The van der Waals surface area contributed by atoms with Gasteiger partial charge in [0.1, 0.15) is 0 Å². The summed E-state index contributed by atoms with van der Waals surface area (Å²) in [4.78, 5) is 4.03. The van der Waals surface area contributed by atoms with E-state index in [-0.39, 0.29) is 0 Å². The molecule has 0 aromatic carbocycles. The standard InChI is InChI=1S/C7H7ClN2O/c1-5-2-6(8)3-7(10-5)4-9-11/h2-4,11H,1H3/b9-4-. The average molecular weight is 171 g/mol. The molecule has 1 N–H and O–H groups in total. The summed E-state index contributed by atoms with van der Waals surface area (Å²) >= 11 is 5.70. The lowest BCUT2D eigenvalue weighted by Crippen LogP contribution is -1.89. The topological polar surface area (TPSA) is 45.5 Å². The smallest absolute Gasteiger partial charge is 0.0918 e. The Morgan fingerprint density at radius 2 is 2.36 bits per heavy atom. The fourth-order valence-corrected chi connectivity index (χ4v) is 1.05. The fraction of sp³-hybridized carbons (Fsp3) is 0.143. The molecule has 0 spiro atoms. The van der Waals surface area contributed by atoms with Gasteiger partial charge in [0, 0.05) is 10.7 Å². The Bertz CT molecular complexity index is 266. The molecule has 0 unspecified atom stereocenters. The second kappa shape index (κ2) is 3.34. The lowest BCUT2D eigenvalue weighted by atomic mass is 10.3. The average Bonchev–Trinajstić information content (AvgIpc) is 1.85. The minimum atomic E-state index is 0.553. The second-order valence-corrected chi connectivity index (χ2v) is 2.53. The molecule has 0 bridgehead atoms. The molecule has 0 radical (unpaired) electrons. The van der Waals surface area contributed by atoms with Crippen molar-refractivity contribution in [3.8, 4) is 0 Å². The molecule has 4 heteroatoms. The van der Waals surface area contributed by atoms with Gasteiger partial charge in [0.25, 0.3) is 0 Å². The van der Waals surface area contributed by atoms with Crippen LogP contribution in [0.15, 0.2) is 17.3 Å². The number of hydrogen-bond acceptors (Lipinski definition) is 3. The van der Waals surface area contributed by atoms with E-state index < -0.39 is 0 Å². The van der Waals surface area contributed by atoms with Crippen LogP contribution in [0.1, 0.15) is 11.4 Å². The predicted molar refractivity (Wildman–Crippen MR) is 43.4 cm³/mol. The highest BCUT2D eigenvalue weighted by atomic mass is 35.5. The molecule has 0 aliphatic carbocycles. The van der Waals surface area contributed by atoms with Gasteiger partial charge in [-0.3, -0.25) is 4.98 Å². The van der Waals surface area contributed by atoms with Gasteiger partial charge in [0.05, 0.1) is 11.9 Å². The molecule has 58 valence electrons. The van der Waals surface area contributed by atoms with E-state index in [9.17, 15) is 0 Å². The van der Waals surface area contributed by atoms with E-state index >= 15 is 0 Å². The van der Waals surface area contributed by atoms with E-state index in [4.69, 9.17) is 16.8 Å². The summed E-state index contributed by atoms with van der Waals surface area (Å²) < 4.78 is 0. The van der Waals surface area contributed by atoms with Crippen LogP contribution in [0, 0.1) is 6.92 Å². The third kappa shape index (κ3) is 2.20. The van der Waals surface area contributed by atoms with Crippen molar-refractivity contribution in [1.29, 1.82) is 0 Å². The van der Waals surface area contributed by atoms with E-state index in [0.29, 0.717) is 10.7 Å². The van der Waals surface area contributed by atoms with Gasteiger partial charge < -0.3 is 5.21 Å². The first kappa shape index (κ1) is 8.01. The van der Waals surface area contributed by atoms with Crippen LogP contribution in [0.5, 0.6) is 0 Å². The van der Waals surface area contributed by atoms with Gasteiger partial charge in [-0.05, 0) is 19.1 Å². The summed E-state index contributed by atoms with van der Waals surface area (Å²) in [6.07, 6.45) is 1.24. The van der Waals surface area contributed by atoms with Crippen molar-refractivity contribution in [2.24, 2.45) is 5.16 Å². The van der Waals surface area contributed by atoms with Crippen molar-refractivity contribution in [3.63, 3.8) is 0 Å². The molecular formula is C7H7ClN2O. The minimum absolute atomic E-state index is 0.553. The number of oxime groups is 1. The summed E-state index contributed by atoms with van der Waals surface area (Å²) in [5.41, 5.74) is 1.35. The molecule has 0 saturated heterocycles. The lowest BCUT2D eigenvalue weighted by molar-refractivity contribution is 0.321. The summed E-state index contributed by atoms with van der Waals surface area (Å²) in [5.74, 6) is 0. The quantitative estimate of drug-likeness (QED) is 0.397. The highest BCUT2D eigenvalue weighted by Gasteiger charge is 1.94. The van der Waals surface area contributed by atoms with Crippen LogP contribution in [0.2, 0.25) is 5.02 Å². The number of rotatable bonds is 1. The van der Waals surface area contributed by atoms with Crippen LogP contribution in [-0.2, 0) is 0 Å². The predicted octanol–water partition coefficient (Wildman–Crippen LogP) is 1.85. The number of hydrogen-bond donors (Lipinski definition) is 1. The van der Waals surface area contributed by atoms with E-state index in [1.807, 2.05) is 6.92 Å². The number of aryl methyl sites for hydroxylation is 1. The molecule has 0 aliphatic rings. The van der Waals surface area contributed by atoms with Crippen molar-refractivity contribution in [1.82, 2.24) is 4.98 Å². The third-order valence-corrected chi connectivity index (χ3v) is 1.35. The third-order valence-electron chi connectivity index (χ3n) is 1.13. The first-order valence-electron chi connectivity index (χ1n) is 3.04. The Balaban J connectivity index is 3.08. The zero-order valence-electron chi connectivity index (χ0n) is 5.95. The van der Waals surface area contributed by atoms with Crippen LogP contribution < -0.4 is 0 Å². The molecule has 1 aromatic heterocycles. The van der Waals surface area contributed by atoms with E-state index in [1.54, 1.807) is 12.1 Å². The SMILES string of the molecule is Cc1cc(Cl)cc(/C=N\O)n1. The molecule has 1 rings (SSSR count). The van der Waals surface area contributed by atoms with E-state index in [2.05, 4.69) is 10.1 Å². The molecule has 1 aromatic rings. The van der Waals surface area contributed by atoms with Crippen molar-refractivity contribution in [2.75, 3.05) is 0 Å². The molecule has 0 atom stereocenters. The Kier molecular flexibility index (Phi) is 2.44. The molecule has 3 nitrogen and oxygen atoms in total. The zero-order chi connectivity index (χ0) is 8.27. The summed E-state index contributed by atoms with van der Waals surface area (Å²) in [5, 5.41) is 11.6. The summed E-state index contributed by atoms with van der Waals surface area (Å²) in [6, 6.07) is 3.35. The van der Waals surface area contributed by atoms with Crippen LogP contribution in [0.4, 0.5) is 0 Å². The number of aromatic nitrogens is 1. The van der Waals surface area contributed by atoms with Gasteiger partial charge in [0.15, 0.2) is 0 Å². The van der Waals surface area contributed by atoms with Crippen LogP contribution in [0.25, 0.3) is 0 Å². The molecule has 0 fully saturated rings. The van der Waals surface area contributed by atoms with Gasteiger partial charge in [-0.25, -0.2) is 0 Å². The first-order chi connectivity index (χ1) is 5.22. The second-order valence-electron chi connectivity index (χ2n) is 2.10. The highest BCUT2D eigenvalue weighted by Crippen LogP contribution is 2.09. The van der Waals surface area contributed by atoms with Gasteiger partial charge in [-0.1, -0.05) is 16.8 Å². The van der Waals surface area contributed by atoms with Crippen molar-refractivity contribution >= 4 is 17.8 Å². The van der Waals surface area contributed by atoms with Gasteiger partial charge >= 0.3 is 0 Å². The van der Waals surface area contributed by atoms with Gasteiger partial charge in [-0.2, -0.15) is 0 Å². The monoisotopic (exact) mass is 170 g/mol. The molecule has 11 heavy (non-hydrogen) atoms. The van der Waals surface area contributed by atoms with Crippen LogP contribution in [-0.4, -0.2) is 16.4 Å². The first-order valence-corrected chi connectivity index (χ1v) is 3.42. The summed E-state index contributed by atoms with van der Waals surface area (Å²) in [7, 11) is 0. The van der Waals surface area contributed by atoms with Crippen LogP contribution in [0.3, 0.4) is 0 Å².